The van der Waals surface area contributed by atoms with Crippen LogP contribution in [0, 0.1) is 0 Å². The van der Waals surface area contributed by atoms with Gasteiger partial charge in [-0.3, -0.25) is 9.59 Å². The van der Waals surface area contributed by atoms with Crippen molar-refractivity contribution in [1.82, 2.24) is 5.32 Å². The van der Waals surface area contributed by atoms with E-state index in [0.29, 0.717) is 19.3 Å². The summed E-state index contributed by atoms with van der Waals surface area (Å²) in [4.78, 5) is 26.1. The zero-order valence-electron chi connectivity index (χ0n) is 39.1. The van der Waals surface area contributed by atoms with E-state index in [-0.39, 0.29) is 24.9 Å². The van der Waals surface area contributed by atoms with Crippen molar-refractivity contribution in [3.05, 3.63) is 85.1 Å². The second kappa shape index (κ2) is 47.1. The van der Waals surface area contributed by atoms with Gasteiger partial charge in [0.15, 0.2) is 0 Å². The molecule has 3 atom stereocenters. The standard InChI is InChI=1S/C54H93NO5/c1-4-7-10-13-16-19-22-25-27-29-32-35-38-41-44-47-54(59)60-50(45-42-39-36-33-30-28-26-23-20-17-14-11-8-5-2)48-53(58)55-51(49-56)52(57)46-43-40-37-34-31-24-21-18-15-12-9-6-3/h7-8,10-11,13,16-17,19-20,22,26,28,33,36,50-52,56-57H,4-6,9,12,14-15,18,21,23-25,27,29-32,34-35,37-49H2,1-3H3,(H,55,58)/b10-7+,11-8+,16-13+,20-17+,22-19+,28-26+,36-33+. The van der Waals surface area contributed by atoms with Crippen LogP contribution in [0.5, 0.6) is 0 Å². The number of unbranched alkanes of at least 4 members (excludes halogenated alkanes) is 19. The van der Waals surface area contributed by atoms with E-state index in [1.54, 1.807) is 0 Å². The van der Waals surface area contributed by atoms with Crippen LogP contribution in [0.15, 0.2) is 85.1 Å². The normalized spacial score (nSPS) is 14.0. The van der Waals surface area contributed by atoms with Crippen LogP contribution < -0.4 is 5.32 Å². The van der Waals surface area contributed by atoms with E-state index in [1.165, 1.54) is 83.5 Å². The fourth-order valence-corrected chi connectivity index (χ4v) is 7.07. The molecular formula is C54H93NO5. The summed E-state index contributed by atoms with van der Waals surface area (Å²) in [5, 5.41) is 23.7. The fraction of sp³-hybridized carbons (Fsp3) is 0.704. The van der Waals surface area contributed by atoms with Crippen LogP contribution >= 0.6 is 0 Å². The number of aliphatic hydroxyl groups excluding tert-OH is 2. The monoisotopic (exact) mass is 836 g/mol. The van der Waals surface area contributed by atoms with Crippen LogP contribution in [-0.4, -0.2) is 46.9 Å². The Labute approximate surface area is 370 Å². The third kappa shape index (κ3) is 41.8. The molecule has 0 aliphatic carbocycles. The Morgan fingerprint density at radius 3 is 1.57 bits per heavy atom. The number of carbonyl (C=O) groups is 2. The Hall–Kier alpha value is -2.96. The highest BCUT2D eigenvalue weighted by molar-refractivity contribution is 5.77. The minimum Gasteiger partial charge on any atom is -0.462 e. The van der Waals surface area contributed by atoms with Gasteiger partial charge in [0.25, 0.3) is 0 Å². The molecule has 344 valence electrons. The predicted octanol–water partition coefficient (Wildman–Crippen LogP) is 14.8. The van der Waals surface area contributed by atoms with Crippen LogP contribution in [0.1, 0.15) is 220 Å². The molecule has 0 fully saturated rings. The molecule has 0 radical (unpaired) electrons. The van der Waals surface area contributed by atoms with Gasteiger partial charge < -0.3 is 20.3 Å². The lowest BCUT2D eigenvalue weighted by Gasteiger charge is -2.24. The maximum atomic E-state index is 13.2. The van der Waals surface area contributed by atoms with E-state index in [0.717, 1.165) is 89.9 Å². The van der Waals surface area contributed by atoms with Crippen LogP contribution in [0.25, 0.3) is 0 Å². The summed E-state index contributed by atoms with van der Waals surface area (Å²) in [5.41, 5.74) is 0. The molecule has 0 saturated heterocycles. The van der Waals surface area contributed by atoms with Gasteiger partial charge in [0.2, 0.25) is 5.91 Å². The Morgan fingerprint density at radius 1 is 0.517 bits per heavy atom. The number of nitrogens with one attached hydrogen (secondary N) is 1. The van der Waals surface area contributed by atoms with Gasteiger partial charge in [0.1, 0.15) is 6.10 Å². The molecule has 0 spiro atoms. The van der Waals surface area contributed by atoms with Crippen molar-refractivity contribution in [2.45, 2.75) is 238 Å². The molecular weight excluding hydrogens is 743 g/mol. The molecule has 0 aliphatic heterocycles. The van der Waals surface area contributed by atoms with Crippen LogP contribution in [-0.2, 0) is 14.3 Å². The van der Waals surface area contributed by atoms with Gasteiger partial charge in [0, 0.05) is 6.42 Å². The van der Waals surface area contributed by atoms with Gasteiger partial charge in [-0.15, -0.1) is 0 Å². The number of esters is 1. The minimum absolute atomic E-state index is 0.0309. The molecule has 3 N–H and O–H groups in total. The molecule has 0 aliphatic rings. The average molecular weight is 836 g/mol. The molecule has 1 amide bonds. The first kappa shape index (κ1) is 57.0. The average Bonchev–Trinajstić information content (AvgIpc) is 3.24. The highest BCUT2D eigenvalue weighted by Crippen LogP contribution is 2.17. The highest BCUT2D eigenvalue weighted by Gasteiger charge is 2.24. The van der Waals surface area contributed by atoms with E-state index in [9.17, 15) is 19.8 Å². The molecule has 0 bridgehead atoms. The number of rotatable bonds is 43. The summed E-state index contributed by atoms with van der Waals surface area (Å²) in [7, 11) is 0. The summed E-state index contributed by atoms with van der Waals surface area (Å²) in [6.45, 7) is 6.21. The summed E-state index contributed by atoms with van der Waals surface area (Å²) >= 11 is 0. The molecule has 0 saturated carbocycles. The first-order valence-electron chi connectivity index (χ1n) is 24.8. The van der Waals surface area contributed by atoms with Gasteiger partial charge in [0.05, 0.1) is 25.2 Å². The number of ether oxygens (including phenoxy) is 1. The van der Waals surface area contributed by atoms with Gasteiger partial charge in [-0.25, -0.2) is 0 Å². The highest BCUT2D eigenvalue weighted by atomic mass is 16.5. The van der Waals surface area contributed by atoms with Gasteiger partial charge >= 0.3 is 5.97 Å². The zero-order chi connectivity index (χ0) is 43.8. The molecule has 0 aromatic heterocycles. The lowest BCUT2D eigenvalue weighted by atomic mass is 10.0. The Bertz CT molecular complexity index is 1160. The number of hydrogen-bond acceptors (Lipinski definition) is 5. The predicted molar refractivity (Wildman–Crippen MR) is 259 cm³/mol. The first-order valence-corrected chi connectivity index (χ1v) is 24.8. The quantitative estimate of drug-likeness (QED) is 0.0246. The van der Waals surface area contributed by atoms with Crippen molar-refractivity contribution in [1.29, 1.82) is 0 Å². The lowest BCUT2D eigenvalue weighted by molar-refractivity contribution is -0.151. The second-order valence-corrected chi connectivity index (χ2v) is 16.5. The van der Waals surface area contributed by atoms with E-state index >= 15 is 0 Å². The summed E-state index contributed by atoms with van der Waals surface area (Å²) in [6.07, 6.45) is 60.7. The first-order chi connectivity index (χ1) is 29.5. The fourth-order valence-electron chi connectivity index (χ4n) is 7.07. The molecule has 0 heterocycles. The van der Waals surface area contributed by atoms with E-state index in [1.807, 2.05) is 0 Å². The van der Waals surface area contributed by atoms with Crippen molar-refractivity contribution in [2.24, 2.45) is 0 Å². The Morgan fingerprint density at radius 2 is 1.00 bits per heavy atom. The number of allylic oxidation sites excluding steroid dienone is 14. The maximum Gasteiger partial charge on any atom is 0.306 e. The van der Waals surface area contributed by atoms with Crippen LogP contribution in [0.3, 0.4) is 0 Å². The number of aliphatic hydroxyl groups is 2. The van der Waals surface area contributed by atoms with Crippen LogP contribution in [0.2, 0.25) is 0 Å². The number of hydrogen-bond donors (Lipinski definition) is 3. The van der Waals surface area contributed by atoms with Gasteiger partial charge in [-0.1, -0.05) is 215 Å². The van der Waals surface area contributed by atoms with Gasteiger partial charge in [-0.2, -0.15) is 0 Å². The van der Waals surface area contributed by atoms with E-state index in [4.69, 9.17) is 4.74 Å². The van der Waals surface area contributed by atoms with Crippen molar-refractivity contribution >= 4 is 11.9 Å². The van der Waals surface area contributed by atoms with E-state index in [2.05, 4.69) is 111 Å². The third-order valence-electron chi connectivity index (χ3n) is 10.8. The van der Waals surface area contributed by atoms with Crippen molar-refractivity contribution in [3.63, 3.8) is 0 Å². The molecule has 0 rings (SSSR count). The minimum atomic E-state index is -0.807. The largest absolute Gasteiger partial charge is 0.462 e. The molecule has 6 heteroatoms. The topological polar surface area (TPSA) is 95.9 Å². The van der Waals surface area contributed by atoms with Gasteiger partial charge in [-0.05, 0) is 77.0 Å². The smallest absolute Gasteiger partial charge is 0.306 e. The summed E-state index contributed by atoms with van der Waals surface area (Å²) in [5.74, 6) is -0.548. The zero-order valence-corrected chi connectivity index (χ0v) is 39.1. The summed E-state index contributed by atoms with van der Waals surface area (Å²) < 4.78 is 5.89. The Kier molecular flexibility index (Phi) is 44.8. The summed E-state index contributed by atoms with van der Waals surface area (Å²) in [6, 6.07) is -0.725. The molecule has 0 aromatic carbocycles. The molecule has 3 unspecified atom stereocenters. The second-order valence-electron chi connectivity index (χ2n) is 16.5. The van der Waals surface area contributed by atoms with Crippen LogP contribution in [0.4, 0.5) is 0 Å². The maximum absolute atomic E-state index is 13.2. The third-order valence-corrected chi connectivity index (χ3v) is 10.8. The molecule has 60 heavy (non-hydrogen) atoms. The molecule has 0 aromatic rings. The lowest BCUT2D eigenvalue weighted by Crippen LogP contribution is -2.46. The van der Waals surface area contributed by atoms with Crippen molar-refractivity contribution < 1.29 is 24.5 Å². The number of amides is 1. The van der Waals surface area contributed by atoms with Crippen molar-refractivity contribution in [3.8, 4) is 0 Å². The molecule has 6 nitrogen and oxygen atoms in total. The van der Waals surface area contributed by atoms with Crippen molar-refractivity contribution in [2.75, 3.05) is 6.61 Å². The number of carbonyl (C=O) groups excluding carboxylic acids is 2. The van der Waals surface area contributed by atoms with E-state index < -0.39 is 18.2 Å². The SMILES string of the molecule is CC/C=C/C=C/C=C/CCCCCCCCCC(=O)OC(CCC/C=C/C/C=C/C/C=C/C/C=C/CC)CC(=O)NC(CO)C(O)CCCCCCCCCCCCCC. The Balaban J connectivity index is 4.70.